The second kappa shape index (κ2) is 4.51. The Balaban J connectivity index is 2.89. The summed E-state index contributed by atoms with van der Waals surface area (Å²) in [7, 11) is 0. The van der Waals surface area contributed by atoms with Crippen molar-refractivity contribution in [3.05, 3.63) is 35.4 Å². The Morgan fingerprint density at radius 3 is 2.36 bits per heavy atom. The van der Waals surface area contributed by atoms with Crippen LogP contribution in [0, 0.1) is 11.6 Å². The highest BCUT2D eigenvalue weighted by molar-refractivity contribution is 5.22. The summed E-state index contributed by atoms with van der Waals surface area (Å²) in [4.78, 5) is 0. The summed E-state index contributed by atoms with van der Waals surface area (Å²) in [6, 6.07) is 4.31. The average molecular weight is 199 g/mol. The Morgan fingerprint density at radius 1 is 1.14 bits per heavy atom. The number of hydrogen-bond donors (Lipinski definition) is 1. The quantitative estimate of drug-likeness (QED) is 0.789. The molecule has 0 saturated heterocycles. The summed E-state index contributed by atoms with van der Waals surface area (Å²) in [5.41, 5.74) is 0.374. The SMILES string of the molecule is CC(C)NC(C)c1cccc(F)c1F. The highest BCUT2D eigenvalue weighted by Crippen LogP contribution is 2.19. The molecule has 0 fully saturated rings. The van der Waals surface area contributed by atoms with E-state index in [0.717, 1.165) is 6.07 Å². The van der Waals surface area contributed by atoms with Crippen LogP contribution in [0.25, 0.3) is 0 Å². The number of rotatable bonds is 3. The van der Waals surface area contributed by atoms with Crippen LogP contribution < -0.4 is 5.32 Å². The molecular formula is C11H15F2N. The third-order valence-electron chi connectivity index (χ3n) is 2.03. The summed E-state index contributed by atoms with van der Waals surface area (Å²) >= 11 is 0. The Bertz CT molecular complexity index is 310. The molecular weight excluding hydrogens is 184 g/mol. The van der Waals surface area contributed by atoms with Gasteiger partial charge in [-0.15, -0.1) is 0 Å². The van der Waals surface area contributed by atoms with E-state index in [1.807, 2.05) is 20.8 Å². The van der Waals surface area contributed by atoms with E-state index < -0.39 is 11.6 Å². The monoisotopic (exact) mass is 199 g/mol. The lowest BCUT2D eigenvalue weighted by Crippen LogP contribution is -2.26. The van der Waals surface area contributed by atoms with Crippen LogP contribution in [0.1, 0.15) is 32.4 Å². The van der Waals surface area contributed by atoms with Gasteiger partial charge in [0.15, 0.2) is 11.6 Å². The zero-order valence-electron chi connectivity index (χ0n) is 8.64. The second-order valence-corrected chi connectivity index (χ2v) is 3.69. The molecule has 1 N–H and O–H groups in total. The van der Waals surface area contributed by atoms with Crippen LogP contribution >= 0.6 is 0 Å². The van der Waals surface area contributed by atoms with Gasteiger partial charge in [-0.3, -0.25) is 0 Å². The summed E-state index contributed by atoms with van der Waals surface area (Å²) in [5, 5.41) is 3.12. The first-order valence-corrected chi connectivity index (χ1v) is 4.72. The molecule has 3 heteroatoms. The van der Waals surface area contributed by atoms with Gasteiger partial charge in [-0.05, 0) is 13.0 Å². The molecule has 1 aromatic rings. The van der Waals surface area contributed by atoms with E-state index in [4.69, 9.17) is 0 Å². The third kappa shape index (κ3) is 2.51. The molecule has 1 aromatic carbocycles. The Morgan fingerprint density at radius 2 is 1.79 bits per heavy atom. The smallest absolute Gasteiger partial charge is 0.163 e. The number of halogens is 2. The molecule has 0 spiro atoms. The zero-order valence-corrected chi connectivity index (χ0v) is 8.64. The largest absolute Gasteiger partial charge is 0.308 e. The molecule has 0 aromatic heterocycles. The first kappa shape index (κ1) is 11.1. The second-order valence-electron chi connectivity index (χ2n) is 3.69. The van der Waals surface area contributed by atoms with Crippen molar-refractivity contribution in [2.45, 2.75) is 32.9 Å². The van der Waals surface area contributed by atoms with E-state index in [-0.39, 0.29) is 12.1 Å². The lowest BCUT2D eigenvalue weighted by atomic mass is 10.1. The van der Waals surface area contributed by atoms with Crippen molar-refractivity contribution in [1.82, 2.24) is 5.32 Å². The van der Waals surface area contributed by atoms with E-state index in [1.165, 1.54) is 6.07 Å². The molecule has 0 saturated carbocycles. The Labute approximate surface area is 83.1 Å². The van der Waals surface area contributed by atoms with Crippen LogP contribution in [-0.2, 0) is 0 Å². The third-order valence-corrected chi connectivity index (χ3v) is 2.03. The first-order chi connectivity index (χ1) is 6.52. The molecule has 1 nitrogen and oxygen atoms in total. The number of benzene rings is 1. The molecule has 1 atom stereocenters. The normalized spacial score (nSPS) is 13.3. The average Bonchev–Trinajstić information content (AvgIpc) is 2.08. The van der Waals surface area contributed by atoms with Crippen molar-refractivity contribution in [1.29, 1.82) is 0 Å². The molecule has 0 bridgehead atoms. The minimum Gasteiger partial charge on any atom is -0.308 e. The minimum atomic E-state index is -0.792. The fourth-order valence-electron chi connectivity index (χ4n) is 1.44. The van der Waals surface area contributed by atoms with Gasteiger partial charge in [0, 0.05) is 17.6 Å². The molecule has 1 unspecified atom stereocenters. The van der Waals surface area contributed by atoms with Crippen LogP contribution in [0.2, 0.25) is 0 Å². The standard InChI is InChI=1S/C11H15F2N/c1-7(2)14-8(3)9-5-4-6-10(12)11(9)13/h4-8,14H,1-3H3. The highest BCUT2D eigenvalue weighted by atomic mass is 19.2. The van der Waals surface area contributed by atoms with Crippen molar-refractivity contribution in [2.75, 3.05) is 0 Å². The van der Waals surface area contributed by atoms with Crippen LogP contribution in [0.3, 0.4) is 0 Å². The lowest BCUT2D eigenvalue weighted by Gasteiger charge is -2.17. The molecule has 0 heterocycles. The van der Waals surface area contributed by atoms with Crippen LogP contribution in [-0.4, -0.2) is 6.04 Å². The fraction of sp³-hybridized carbons (Fsp3) is 0.455. The van der Waals surface area contributed by atoms with E-state index in [2.05, 4.69) is 5.32 Å². The van der Waals surface area contributed by atoms with Gasteiger partial charge in [-0.2, -0.15) is 0 Å². The maximum Gasteiger partial charge on any atom is 0.163 e. The molecule has 0 aliphatic heterocycles. The van der Waals surface area contributed by atoms with Gasteiger partial charge < -0.3 is 5.32 Å². The molecule has 14 heavy (non-hydrogen) atoms. The molecule has 0 radical (unpaired) electrons. The summed E-state index contributed by atoms with van der Waals surface area (Å²) in [6.45, 7) is 5.75. The lowest BCUT2D eigenvalue weighted by molar-refractivity contribution is 0.454. The molecule has 0 aliphatic rings. The predicted octanol–water partition coefficient (Wildman–Crippen LogP) is 3.02. The maximum atomic E-state index is 13.3. The van der Waals surface area contributed by atoms with Gasteiger partial charge in [0.05, 0.1) is 0 Å². The summed E-state index contributed by atoms with van der Waals surface area (Å²) in [6.07, 6.45) is 0. The van der Waals surface area contributed by atoms with Crippen LogP contribution in [0.4, 0.5) is 8.78 Å². The van der Waals surface area contributed by atoms with Crippen LogP contribution in [0.15, 0.2) is 18.2 Å². The van der Waals surface area contributed by atoms with Crippen molar-refractivity contribution >= 4 is 0 Å². The van der Waals surface area contributed by atoms with Gasteiger partial charge >= 0.3 is 0 Å². The zero-order chi connectivity index (χ0) is 10.7. The van der Waals surface area contributed by atoms with Gasteiger partial charge in [-0.25, -0.2) is 8.78 Å². The number of hydrogen-bond acceptors (Lipinski definition) is 1. The van der Waals surface area contributed by atoms with E-state index in [0.29, 0.717) is 5.56 Å². The Hall–Kier alpha value is -0.960. The topological polar surface area (TPSA) is 12.0 Å². The first-order valence-electron chi connectivity index (χ1n) is 4.72. The van der Waals surface area contributed by atoms with Crippen molar-refractivity contribution in [2.24, 2.45) is 0 Å². The highest BCUT2D eigenvalue weighted by Gasteiger charge is 2.14. The molecule has 78 valence electrons. The van der Waals surface area contributed by atoms with Crippen molar-refractivity contribution in [3.63, 3.8) is 0 Å². The van der Waals surface area contributed by atoms with Gasteiger partial charge in [-0.1, -0.05) is 26.0 Å². The Kier molecular flexibility index (Phi) is 3.58. The molecule has 1 rings (SSSR count). The van der Waals surface area contributed by atoms with Crippen molar-refractivity contribution in [3.8, 4) is 0 Å². The van der Waals surface area contributed by atoms with Gasteiger partial charge in [0.2, 0.25) is 0 Å². The van der Waals surface area contributed by atoms with E-state index in [9.17, 15) is 8.78 Å². The van der Waals surface area contributed by atoms with E-state index in [1.54, 1.807) is 6.07 Å². The predicted molar refractivity (Wildman–Crippen MR) is 53.0 cm³/mol. The maximum absolute atomic E-state index is 13.3. The summed E-state index contributed by atoms with van der Waals surface area (Å²) in [5.74, 6) is -1.55. The van der Waals surface area contributed by atoms with Crippen molar-refractivity contribution < 1.29 is 8.78 Å². The molecule has 0 aliphatic carbocycles. The fourth-order valence-corrected chi connectivity index (χ4v) is 1.44. The number of nitrogens with one attached hydrogen (secondary N) is 1. The van der Waals surface area contributed by atoms with Gasteiger partial charge in [0.1, 0.15) is 0 Å². The minimum absolute atomic E-state index is 0.175. The van der Waals surface area contributed by atoms with Crippen LogP contribution in [0.5, 0.6) is 0 Å². The van der Waals surface area contributed by atoms with E-state index >= 15 is 0 Å². The van der Waals surface area contributed by atoms with Gasteiger partial charge in [0.25, 0.3) is 0 Å². The molecule has 0 amide bonds. The summed E-state index contributed by atoms with van der Waals surface area (Å²) < 4.78 is 26.2.